The number of amides is 1. The van der Waals surface area contributed by atoms with Crippen molar-refractivity contribution in [2.24, 2.45) is 0 Å². The van der Waals surface area contributed by atoms with E-state index in [1.807, 2.05) is 0 Å². The van der Waals surface area contributed by atoms with Gasteiger partial charge in [0.25, 0.3) is 0 Å². The summed E-state index contributed by atoms with van der Waals surface area (Å²) in [5, 5.41) is 2.73. The first-order chi connectivity index (χ1) is 10.8. The van der Waals surface area contributed by atoms with Crippen LogP contribution in [0.25, 0.3) is 0 Å². The Balaban J connectivity index is 2.78. The van der Waals surface area contributed by atoms with Crippen molar-refractivity contribution in [1.82, 2.24) is 10.0 Å². The van der Waals surface area contributed by atoms with Gasteiger partial charge in [-0.05, 0) is 38.0 Å². The van der Waals surface area contributed by atoms with E-state index in [-0.39, 0.29) is 16.6 Å². The average molecular weight is 342 g/mol. The molecule has 0 spiro atoms. The van der Waals surface area contributed by atoms with Crippen molar-refractivity contribution in [3.05, 3.63) is 23.8 Å². The Morgan fingerprint density at radius 3 is 2.61 bits per heavy atom. The minimum Gasteiger partial charge on any atom is -0.495 e. The molecule has 0 aliphatic carbocycles. The van der Waals surface area contributed by atoms with Crippen LogP contribution < -0.4 is 14.8 Å². The molecule has 130 valence electrons. The number of sulfonamides is 1. The van der Waals surface area contributed by atoms with Crippen LogP contribution in [0.4, 0.5) is 0 Å². The summed E-state index contributed by atoms with van der Waals surface area (Å²) in [6.07, 6.45) is 2.97. The van der Waals surface area contributed by atoms with Crippen LogP contribution in [-0.2, 0) is 14.8 Å². The van der Waals surface area contributed by atoms with Crippen LogP contribution in [-0.4, -0.2) is 34.0 Å². The van der Waals surface area contributed by atoms with Gasteiger partial charge in [0.05, 0.1) is 13.2 Å². The van der Waals surface area contributed by atoms with Crippen LogP contribution in [0.5, 0.6) is 5.75 Å². The largest absolute Gasteiger partial charge is 0.495 e. The SMILES string of the molecule is CCCCCNC(=O)[C@@H](C)NS(=O)(=O)c1cc(C)ccc1OC. The van der Waals surface area contributed by atoms with E-state index in [9.17, 15) is 13.2 Å². The van der Waals surface area contributed by atoms with Crippen molar-refractivity contribution in [3.8, 4) is 5.75 Å². The van der Waals surface area contributed by atoms with Gasteiger partial charge in [0.15, 0.2) is 0 Å². The van der Waals surface area contributed by atoms with Gasteiger partial charge in [0.1, 0.15) is 10.6 Å². The number of benzene rings is 1. The van der Waals surface area contributed by atoms with Gasteiger partial charge in [-0.2, -0.15) is 4.72 Å². The number of methoxy groups -OCH3 is 1. The molecule has 1 aromatic carbocycles. The van der Waals surface area contributed by atoms with Crippen molar-refractivity contribution < 1.29 is 17.9 Å². The topological polar surface area (TPSA) is 84.5 Å². The van der Waals surface area contributed by atoms with Crippen molar-refractivity contribution in [1.29, 1.82) is 0 Å². The number of unbranched alkanes of at least 4 members (excludes halogenated alkanes) is 2. The summed E-state index contributed by atoms with van der Waals surface area (Å²) in [5.41, 5.74) is 0.794. The number of aryl methyl sites for hydroxylation is 1. The Labute approximate surface area is 138 Å². The number of hydrogen-bond donors (Lipinski definition) is 2. The highest BCUT2D eigenvalue weighted by Gasteiger charge is 2.24. The fraction of sp³-hybridized carbons (Fsp3) is 0.562. The van der Waals surface area contributed by atoms with E-state index in [0.717, 1.165) is 24.8 Å². The molecule has 1 amide bonds. The molecule has 1 rings (SSSR count). The highest BCUT2D eigenvalue weighted by molar-refractivity contribution is 7.89. The van der Waals surface area contributed by atoms with Gasteiger partial charge in [0.2, 0.25) is 15.9 Å². The minimum atomic E-state index is -3.84. The molecule has 0 bridgehead atoms. The first-order valence-electron chi connectivity index (χ1n) is 7.76. The predicted octanol–water partition coefficient (Wildman–Crippen LogP) is 1.98. The lowest BCUT2D eigenvalue weighted by Crippen LogP contribution is -2.45. The quantitative estimate of drug-likeness (QED) is 0.672. The molecule has 0 fully saturated rings. The monoisotopic (exact) mass is 342 g/mol. The lowest BCUT2D eigenvalue weighted by atomic mass is 10.2. The standard InChI is InChI=1S/C16H26N2O4S/c1-5-6-7-10-17-16(19)13(3)18-23(20,21)15-11-12(2)8-9-14(15)22-4/h8-9,11,13,18H,5-7,10H2,1-4H3,(H,17,19)/t13-/m1/s1. The Hall–Kier alpha value is -1.60. The van der Waals surface area contributed by atoms with E-state index in [1.54, 1.807) is 19.1 Å². The Morgan fingerprint density at radius 2 is 2.00 bits per heavy atom. The molecule has 0 aliphatic heterocycles. The molecule has 0 aromatic heterocycles. The maximum atomic E-state index is 12.5. The molecule has 1 atom stereocenters. The van der Waals surface area contributed by atoms with Crippen LogP contribution in [0.3, 0.4) is 0 Å². The van der Waals surface area contributed by atoms with Crippen LogP contribution in [0.1, 0.15) is 38.7 Å². The highest BCUT2D eigenvalue weighted by Crippen LogP contribution is 2.24. The molecule has 0 saturated carbocycles. The third kappa shape index (κ3) is 5.84. The number of hydrogen-bond acceptors (Lipinski definition) is 4. The molecule has 0 heterocycles. The summed E-state index contributed by atoms with van der Waals surface area (Å²) in [6, 6.07) is 4.03. The number of carbonyl (C=O) groups excluding carboxylic acids is 1. The molecule has 0 radical (unpaired) electrons. The van der Waals surface area contributed by atoms with Gasteiger partial charge < -0.3 is 10.1 Å². The minimum absolute atomic E-state index is 0.0330. The van der Waals surface area contributed by atoms with Gasteiger partial charge in [0, 0.05) is 6.54 Å². The highest BCUT2D eigenvalue weighted by atomic mass is 32.2. The molecule has 7 heteroatoms. The van der Waals surface area contributed by atoms with Gasteiger partial charge >= 0.3 is 0 Å². The summed E-state index contributed by atoms with van der Waals surface area (Å²) in [4.78, 5) is 12.0. The van der Waals surface area contributed by atoms with E-state index in [0.29, 0.717) is 6.54 Å². The third-order valence-corrected chi connectivity index (χ3v) is 4.98. The molecule has 0 unspecified atom stereocenters. The number of rotatable bonds is 9. The molecule has 6 nitrogen and oxygen atoms in total. The normalized spacial score (nSPS) is 12.7. The van der Waals surface area contributed by atoms with Crippen LogP contribution in [0.2, 0.25) is 0 Å². The molecular weight excluding hydrogens is 316 g/mol. The molecule has 0 aliphatic rings. The zero-order chi connectivity index (χ0) is 17.5. The van der Waals surface area contributed by atoms with Gasteiger partial charge in [-0.1, -0.05) is 25.8 Å². The molecule has 23 heavy (non-hydrogen) atoms. The summed E-state index contributed by atoms with van der Waals surface area (Å²) in [7, 11) is -2.43. The number of ether oxygens (including phenoxy) is 1. The molecule has 0 saturated heterocycles. The molecular formula is C16H26N2O4S. The van der Waals surface area contributed by atoms with Crippen LogP contribution in [0.15, 0.2) is 23.1 Å². The van der Waals surface area contributed by atoms with E-state index in [4.69, 9.17) is 4.74 Å². The molecule has 2 N–H and O–H groups in total. The average Bonchev–Trinajstić information content (AvgIpc) is 2.50. The van der Waals surface area contributed by atoms with E-state index in [2.05, 4.69) is 17.0 Å². The Bertz CT molecular complexity index is 629. The summed E-state index contributed by atoms with van der Waals surface area (Å²) >= 11 is 0. The summed E-state index contributed by atoms with van der Waals surface area (Å²) < 4.78 is 32.5. The molecule has 1 aromatic rings. The van der Waals surface area contributed by atoms with Crippen LogP contribution in [0, 0.1) is 6.92 Å². The van der Waals surface area contributed by atoms with Gasteiger partial charge in [-0.15, -0.1) is 0 Å². The van der Waals surface area contributed by atoms with Crippen molar-refractivity contribution >= 4 is 15.9 Å². The smallest absolute Gasteiger partial charge is 0.244 e. The summed E-state index contributed by atoms with van der Waals surface area (Å²) in [5.74, 6) is -0.0880. The second-order valence-corrected chi connectivity index (χ2v) is 7.18. The number of carbonyl (C=O) groups is 1. The third-order valence-electron chi connectivity index (χ3n) is 3.41. The van der Waals surface area contributed by atoms with Gasteiger partial charge in [-0.3, -0.25) is 4.79 Å². The summed E-state index contributed by atoms with van der Waals surface area (Å²) in [6.45, 7) is 5.94. The second-order valence-electron chi connectivity index (χ2n) is 5.50. The maximum Gasteiger partial charge on any atom is 0.244 e. The zero-order valence-corrected chi connectivity index (χ0v) is 15.0. The fourth-order valence-electron chi connectivity index (χ4n) is 2.08. The van der Waals surface area contributed by atoms with E-state index in [1.165, 1.54) is 20.1 Å². The lowest BCUT2D eigenvalue weighted by molar-refractivity contribution is -0.122. The maximum absolute atomic E-state index is 12.5. The van der Waals surface area contributed by atoms with Crippen molar-refractivity contribution in [2.75, 3.05) is 13.7 Å². The Kier molecular flexibility index (Phi) is 7.51. The van der Waals surface area contributed by atoms with Crippen molar-refractivity contribution in [2.45, 2.75) is 51.0 Å². The van der Waals surface area contributed by atoms with Crippen molar-refractivity contribution in [3.63, 3.8) is 0 Å². The second kappa shape index (κ2) is 8.88. The number of nitrogens with one attached hydrogen (secondary N) is 2. The first kappa shape index (κ1) is 19.4. The first-order valence-corrected chi connectivity index (χ1v) is 9.24. The fourth-order valence-corrected chi connectivity index (χ4v) is 3.54. The lowest BCUT2D eigenvalue weighted by Gasteiger charge is -2.16. The van der Waals surface area contributed by atoms with E-state index < -0.39 is 16.1 Å². The Morgan fingerprint density at radius 1 is 1.30 bits per heavy atom. The van der Waals surface area contributed by atoms with E-state index >= 15 is 0 Å². The zero-order valence-electron chi connectivity index (χ0n) is 14.2. The predicted molar refractivity (Wildman–Crippen MR) is 90.0 cm³/mol. The van der Waals surface area contributed by atoms with Crippen LogP contribution >= 0.6 is 0 Å². The van der Waals surface area contributed by atoms with Gasteiger partial charge in [-0.25, -0.2) is 8.42 Å².